The second-order valence-corrected chi connectivity index (χ2v) is 4.55. The van der Waals surface area contributed by atoms with Crippen molar-refractivity contribution in [3.05, 3.63) is 59.5 Å². The Morgan fingerprint density at radius 2 is 1.95 bits per heavy atom. The summed E-state index contributed by atoms with van der Waals surface area (Å²) in [4.78, 5) is 8.13. The maximum atomic E-state index is 9.12. The number of hydrogen-bond donors (Lipinski definition) is 1. The van der Waals surface area contributed by atoms with E-state index >= 15 is 0 Å². The van der Waals surface area contributed by atoms with Crippen molar-refractivity contribution in [2.45, 2.75) is 6.61 Å². The van der Waals surface area contributed by atoms with Crippen molar-refractivity contribution < 1.29 is 9.84 Å². The van der Waals surface area contributed by atoms with Gasteiger partial charge >= 0.3 is 6.01 Å². The van der Waals surface area contributed by atoms with Gasteiger partial charge in [0, 0.05) is 6.07 Å². The van der Waals surface area contributed by atoms with Gasteiger partial charge in [0.1, 0.15) is 6.33 Å². The maximum absolute atomic E-state index is 9.12. The lowest BCUT2D eigenvalue weighted by atomic mass is 10.3. The number of para-hydroxylation sites is 1. The highest BCUT2D eigenvalue weighted by molar-refractivity contribution is 6.31. The molecular weight excluding hydrogens is 292 g/mol. The van der Waals surface area contributed by atoms with Crippen molar-refractivity contribution >= 4 is 11.6 Å². The highest BCUT2D eigenvalue weighted by Gasteiger charge is 2.08. The maximum Gasteiger partial charge on any atom is 0.342 e. The molecule has 3 rings (SSSR count). The Morgan fingerprint density at radius 3 is 2.71 bits per heavy atom. The molecule has 0 aliphatic heterocycles. The zero-order valence-corrected chi connectivity index (χ0v) is 11.6. The normalized spacial score (nSPS) is 10.6. The van der Waals surface area contributed by atoms with Gasteiger partial charge in [0.15, 0.2) is 0 Å². The Bertz CT molecular complexity index is 746. The molecule has 0 aliphatic rings. The van der Waals surface area contributed by atoms with Gasteiger partial charge in [-0.05, 0) is 18.2 Å². The third-order valence-electron chi connectivity index (χ3n) is 2.73. The highest BCUT2D eigenvalue weighted by Crippen LogP contribution is 2.21. The molecule has 7 heteroatoms. The van der Waals surface area contributed by atoms with Gasteiger partial charge in [-0.25, -0.2) is 9.67 Å². The molecule has 0 unspecified atom stereocenters. The lowest BCUT2D eigenvalue weighted by Crippen LogP contribution is -1.97. The number of nitrogens with zero attached hydrogens (tertiary/aromatic N) is 4. The number of pyridine rings is 1. The Kier molecular flexibility index (Phi) is 3.81. The molecule has 0 spiro atoms. The predicted octanol–water partition coefficient (Wildman–Crippen LogP) is 2.60. The summed E-state index contributed by atoms with van der Waals surface area (Å²) < 4.78 is 7.05. The quantitative estimate of drug-likeness (QED) is 0.802. The molecule has 0 saturated carbocycles. The van der Waals surface area contributed by atoms with Crippen LogP contribution in [0.5, 0.6) is 11.9 Å². The van der Waals surface area contributed by atoms with Gasteiger partial charge in [-0.3, -0.25) is 0 Å². The fourth-order valence-electron chi connectivity index (χ4n) is 1.73. The second-order valence-electron chi connectivity index (χ2n) is 4.15. The lowest BCUT2D eigenvalue weighted by Gasteiger charge is -2.03. The Morgan fingerprint density at radius 1 is 1.14 bits per heavy atom. The van der Waals surface area contributed by atoms with Crippen LogP contribution < -0.4 is 4.74 Å². The molecule has 1 aromatic carbocycles. The minimum atomic E-state index is -0.262. The van der Waals surface area contributed by atoms with Gasteiger partial charge in [0.2, 0.25) is 5.88 Å². The summed E-state index contributed by atoms with van der Waals surface area (Å²) in [6.45, 7) is -0.262. The molecule has 0 radical (unpaired) electrons. The van der Waals surface area contributed by atoms with Crippen molar-refractivity contribution in [3.8, 4) is 17.6 Å². The molecule has 21 heavy (non-hydrogen) atoms. The SMILES string of the molecule is OCc1nc(Oc2ncn(-c3ccccc3)n2)ccc1Cl. The van der Waals surface area contributed by atoms with Crippen LogP contribution in [0.3, 0.4) is 0 Å². The monoisotopic (exact) mass is 302 g/mol. The molecule has 0 aliphatic carbocycles. The van der Waals surface area contributed by atoms with Crippen LogP contribution in [0.15, 0.2) is 48.8 Å². The first-order valence-electron chi connectivity index (χ1n) is 6.17. The number of ether oxygens (including phenoxy) is 1. The van der Waals surface area contributed by atoms with Gasteiger partial charge < -0.3 is 9.84 Å². The number of halogens is 1. The van der Waals surface area contributed by atoms with Gasteiger partial charge in [-0.15, -0.1) is 5.10 Å². The van der Waals surface area contributed by atoms with Crippen molar-refractivity contribution in [2.75, 3.05) is 0 Å². The first kappa shape index (κ1) is 13.5. The van der Waals surface area contributed by atoms with Gasteiger partial charge in [0.25, 0.3) is 0 Å². The van der Waals surface area contributed by atoms with Crippen LogP contribution in [0.2, 0.25) is 5.02 Å². The minimum Gasteiger partial charge on any atom is -0.404 e. The number of aromatic nitrogens is 4. The van der Waals surface area contributed by atoms with E-state index in [1.807, 2.05) is 30.3 Å². The van der Waals surface area contributed by atoms with E-state index in [-0.39, 0.29) is 18.5 Å². The second kappa shape index (κ2) is 5.90. The molecule has 6 nitrogen and oxygen atoms in total. The van der Waals surface area contributed by atoms with Crippen LogP contribution in [-0.2, 0) is 6.61 Å². The van der Waals surface area contributed by atoms with E-state index in [0.717, 1.165) is 5.69 Å². The van der Waals surface area contributed by atoms with Crippen LogP contribution >= 0.6 is 11.6 Å². The highest BCUT2D eigenvalue weighted by atomic mass is 35.5. The third kappa shape index (κ3) is 3.01. The Hall–Kier alpha value is -2.44. The molecule has 0 fully saturated rings. The summed E-state index contributed by atoms with van der Waals surface area (Å²) in [5.41, 5.74) is 1.22. The molecule has 0 bridgehead atoms. The molecule has 1 N–H and O–H groups in total. The first-order valence-corrected chi connectivity index (χ1v) is 6.55. The number of hydrogen-bond acceptors (Lipinski definition) is 5. The minimum absolute atomic E-state index is 0.164. The zero-order valence-electron chi connectivity index (χ0n) is 10.8. The topological polar surface area (TPSA) is 73.1 Å². The molecule has 2 aromatic heterocycles. The molecular formula is C14H11ClN4O2. The van der Waals surface area contributed by atoms with E-state index in [2.05, 4.69) is 15.1 Å². The van der Waals surface area contributed by atoms with E-state index < -0.39 is 0 Å². The summed E-state index contributed by atoms with van der Waals surface area (Å²) in [5.74, 6) is 0.272. The van der Waals surface area contributed by atoms with Crippen molar-refractivity contribution in [1.29, 1.82) is 0 Å². The molecule has 0 amide bonds. The Labute approximate surface area is 125 Å². The van der Waals surface area contributed by atoms with Crippen LogP contribution in [0, 0.1) is 0 Å². The number of aliphatic hydroxyl groups excluding tert-OH is 1. The average Bonchev–Trinajstić information content (AvgIpc) is 2.98. The summed E-state index contributed by atoms with van der Waals surface area (Å²) in [6.07, 6.45) is 1.55. The average molecular weight is 303 g/mol. The van der Waals surface area contributed by atoms with E-state index in [1.165, 1.54) is 0 Å². The van der Waals surface area contributed by atoms with Gasteiger partial charge in [-0.2, -0.15) is 4.98 Å². The van der Waals surface area contributed by atoms with E-state index in [1.54, 1.807) is 23.1 Å². The fourth-order valence-corrected chi connectivity index (χ4v) is 1.89. The Balaban J connectivity index is 1.82. The summed E-state index contributed by atoms with van der Waals surface area (Å²) in [5, 5.41) is 13.7. The van der Waals surface area contributed by atoms with Crippen LogP contribution in [0.1, 0.15) is 5.69 Å². The fraction of sp³-hybridized carbons (Fsp3) is 0.0714. The van der Waals surface area contributed by atoms with Crippen LogP contribution in [0.4, 0.5) is 0 Å². The standard InChI is InChI=1S/C14H11ClN4O2/c15-11-6-7-13(17-12(11)8-20)21-14-16-9-19(18-14)10-4-2-1-3-5-10/h1-7,9,20H,8H2. The smallest absolute Gasteiger partial charge is 0.342 e. The van der Waals surface area contributed by atoms with Crippen molar-refractivity contribution in [1.82, 2.24) is 19.7 Å². The summed E-state index contributed by atoms with van der Waals surface area (Å²) >= 11 is 5.87. The molecule has 0 saturated heterocycles. The third-order valence-corrected chi connectivity index (χ3v) is 3.07. The van der Waals surface area contributed by atoms with Crippen molar-refractivity contribution in [2.24, 2.45) is 0 Å². The largest absolute Gasteiger partial charge is 0.404 e. The van der Waals surface area contributed by atoms with E-state index in [4.69, 9.17) is 21.4 Å². The number of benzene rings is 1. The summed E-state index contributed by atoms with van der Waals surface area (Å²) in [6, 6.07) is 12.9. The molecule has 2 heterocycles. The van der Waals surface area contributed by atoms with Gasteiger partial charge in [0.05, 0.1) is 23.0 Å². The van der Waals surface area contributed by atoms with Crippen LogP contribution in [-0.4, -0.2) is 24.9 Å². The zero-order chi connectivity index (χ0) is 14.7. The van der Waals surface area contributed by atoms with Crippen LogP contribution in [0.25, 0.3) is 5.69 Å². The first-order chi connectivity index (χ1) is 10.3. The molecule has 3 aromatic rings. The summed E-state index contributed by atoms with van der Waals surface area (Å²) in [7, 11) is 0. The van der Waals surface area contributed by atoms with Crippen molar-refractivity contribution in [3.63, 3.8) is 0 Å². The van der Waals surface area contributed by atoms with E-state index in [0.29, 0.717) is 10.7 Å². The predicted molar refractivity (Wildman–Crippen MR) is 76.6 cm³/mol. The number of rotatable bonds is 4. The molecule has 0 atom stereocenters. The molecule has 106 valence electrons. The van der Waals surface area contributed by atoms with Gasteiger partial charge in [-0.1, -0.05) is 29.8 Å². The number of aliphatic hydroxyl groups is 1. The lowest BCUT2D eigenvalue weighted by molar-refractivity contribution is 0.275. The van der Waals surface area contributed by atoms with E-state index in [9.17, 15) is 0 Å².